The molecule has 1 aliphatic rings. The molecule has 1 aliphatic heterocycles. The van der Waals surface area contributed by atoms with Gasteiger partial charge in [0, 0.05) is 12.1 Å². The Morgan fingerprint density at radius 2 is 2.06 bits per heavy atom. The molecular weight excluding hydrogens is 223 g/mol. The number of halogens is 1. The molecule has 0 radical (unpaired) electrons. The lowest BCUT2D eigenvalue weighted by Gasteiger charge is -2.17. The molecule has 4 heteroatoms. The molecule has 1 saturated heterocycles. The van der Waals surface area contributed by atoms with Gasteiger partial charge in [-0.3, -0.25) is 4.90 Å². The molecule has 86 valence electrons. The van der Waals surface area contributed by atoms with E-state index in [2.05, 4.69) is 4.90 Å². The van der Waals surface area contributed by atoms with E-state index in [4.69, 9.17) is 18.0 Å². The molecule has 0 spiro atoms. The van der Waals surface area contributed by atoms with Gasteiger partial charge < -0.3 is 5.73 Å². The normalized spacial score (nSPS) is 16.6. The van der Waals surface area contributed by atoms with Crippen LogP contribution in [0.1, 0.15) is 24.0 Å². The molecule has 0 unspecified atom stereocenters. The van der Waals surface area contributed by atoms with Crippen molar-refractivity contribution < 1.29 is 4.39 Å². The Morgan fingerprint density at radius 3 is 2.69 bits per heavy atom. The van der Waals surface area contributed by atoms with Gasteiger partial charge in [-0.05, 0) is 43.6 Å². The first-order valence-corrected chi connectivity index (χ1v) is 5.88. The molecule has 0 bridgehead atoms. The predicted octanol–water partition coefficient (Wildman–Crippen LogP) is 2.06. The van der Waals surface area contributed by atoms with Gasteiger partial charge in [-0.2, -0.15) is 0 Å². The molecule has 16 heavy (non-hydrogen) atoms. The molecule has 1 fully saturated rings. The topological polar surface area (TPSA) is 29.3 Å². The lowest BCUT2D eigenvalue weighted by Crippen LogP contribution is -2.21. The second-order valence-electron chi connectivity index (χ2n) is 4.15. The van der Waals surface area contributed by atoms with Crippen LogP contribution in [-0.4, -0.2) is 23.0 Å². The van der Waals surface area contributed by atoms with E-state index < -0.39 is 0 Å². The fourth-order valence-corrected chi connectivity index (χ4v) is 2.29. The fourth-order valence-electron chi connectivity index (χ4n) is 2.10. The summed E-state index contributed by atoms with van der Waals surface area (Å²) in [5.74, 6) is -0.284. The molecule has 0 aromatic heterocycles. The molecule has 1 aromatic rings. The van der Waals surface area contributed by atoms with Crippen LogP contribution in [0.4, 0.5) is 4.39 Å². The number of thiocarbonyl (C=S) groups is 1. The quantitative estimate of drug-likeness (QED) is 0.817. The minimum Gasteiger partial charge on any atom is -0.389 e. The number of hydrogen-bond acceptors (Lipinski definition) is 2. The lowest BCUT2D eigenvalue weighted by molar-refractivity contribution is 0.331. The van der Waals surface area contributed by atoms with E-state index in [0.29, 0.717) is 5.56 Å². The summed E-state index contributed by atoms with van der Waals surface area (Å²) < 4.78 is 13.1. The Bertz CT molecular complexity index is 400. The number of likely N-dealkylation sites (tertiary alicyclic amines) is 1. The summed E-state index contributed by atoms with van der Waals surface area (Å²) in [4.78, 5) is 2.61. The van der Waals surface area contributed by atoms with Crippen molar-refractivity contribution in [3.05, 3.63) is 35.1 Å². The summed E-state index contributed by atoms with van der Waals surface area (Å²) in [6, 6.07) is 4.67. The van der Waals surface area contributed by atoms with Gasteiger partial charge in [0.2, 0.25) is 0 Å². The van der Waals surface area contributed by atoms with Gasteiger partial charge in [0.15, 0.2) is 0 Å². The van der Waals surface area contributed by atoms with E-state index in [1.54, 1.807) is 6.07 Å². The Kier molecular flexibility index (Phi) is 3.51. The first kappa shape index (κ1) is 11.5. The van der Waals surface area contributed by atoms with Gasteiger partial charge in [-0.1, -0.05) is 18.3 Å². The van der Waals surface area contributed by atoms with E-state index in [1.165, 1.54) is 25.0 Å². The molecule has 1 aromatic carbocycles. The van der Waals surface area contributed by atoms with Crippen molar-refractivity contribution >= 4 is 17.2 Å². The Labute approximate surface area is 100 Å². The molecule has 0 amide bonds. The maximum absolute atomic E-state index is 13.1. The van der Waals surface area contributed by atoms with Crippen molar-refractivity contribution in [2.45, 2.75) is 19.4 Å². The third kappa shape index (κ3) is 2.57. The summed E-state index contributed by atoms with van der Waals surface area (Å²) in [5.41, 5.74) is 7.30. The van der Waals surface area contributed by atoms with Crippen LogP contribution in [-0.2, 0) is 6.54 Å². The van der Waals surface area contributed by atoms with E-state index in [0.717, 1.165) is 25.2 Å². The minimum absolute atomic E-state index is 0.272. The smallest absolute Gasteiger partial charge is 0.123 e. The van der Waals surface area contributed by atoms with Crippen molar-refractivity contribution in [3.63, 3.8) is 0 Å². The highest BCUT2D eigenvalue weighted by atomic mass is 32.1. The van der Waals surface area contributed by atoms with Crippen LogP contribution < -0.4 is 5.73 Å². The number of benzene rings is 1. The van der Waals surface area contributed by atoms with Crippen molar-refractivity contribution in [2.24, 2.45) is 5.73 Å². The van der Waals surface area contributed by atoms with Crippen molar-refractivity contribution in [1.29, 1.82) is 0 Å². The Balaban J connectivity index is 2.21. The van der Waals surface area contributed by atoms with E-state index in [9.17, 15) is 4.39 Å². The van der Waals surface area contributed by atoms with Crippen LogP contribution in [0.15, 0.2) is 18.2 Å². The van der Waals surface area contributed by atoms with Gasteiger partial charge in [-0.25, -0.2) is 4.39 Å². The average Bonchev–Trinajstić information content (AvgIpc) is 2.73. The van der Waals surface area contributed by atoms with Gasteiger partial charge in [0.05, 0.1) is 0 Å². The molecule has 1 heterocycles. The zero-order chi connectivity index (χ0) is 11.5. The van der Waals surface area contributed by atoms with Gasteiger partial charge in [0.1, 0.15) is 10.8 Å². The van der Waals surface area contributed by atoms with Crippen LogP contribution in [0.25, 0.3) is 0 Å². The highest BCUT2D eigenvalue weighted by Gasteiger charge is 2.14. The zero-order valence-corrected chi connectivity index (χ0v) is 9.89. The van der Waals surface area contributed by atoms with Crippen LogP contribution in [0.5, 0.6) is 0 Å². The number of nitrogens with zero attached hydrogens (tertiary/aromatic N) is 1. The van der Waals surface area contributed by atoms with Gasteiger partial charge in [0.25, 0.3) is 0 Å². The molecule has 2 rings (SSSR count). The van der Waals surface area contributed by atoms with Crippen molar-refractivity contribution in [1.82, 2.24) is 4.90 Å². The summed E-state index contributed by atoms with van der Waals surface area (Å²) in [5, 5.41) is 0. The first-order valence-electron chi connectivity index (χ1n) is 5.47. The minimum atomic E-state index is -0.284. The maximum atomic E-state index is 13.1. The van der Waals surface area contributed by atoms with Crippen LogP contribution in [0.3, 0.4) is 0 Å². The first-order chi connectivity index (χ1) is 7.66. The summed E-state index contributed by atoms with van der Waals surface area (Å²) >= 11 is 4.94. The number of hydrogen-bond donors (Lipinski definition) is 1. The largest absolute Gasteiger partial charge is 0.389 e. The van der Waals surface area contributed by atoms with E-state index in [-0.39, 0.29) is 10.8 Å². The molecule has 0 aliphatic carbocycles. The van der Waals surface area contributed by atoms with Crippen LogP contribution >= 0.6 is 12.2 Å². The van der Waals surface area contributed by atoms with Crippen LogP contribution in [0, 0.1) is 5.82 Å². The molecule has 0 atom stereocenters. The summed E-state index contributed by atoms with van der Waals surface area (Å²) in [6.07, 6.45) is 2.48. The van der Waals surface area contributed by atoms with Crippen LogP contribution in [0.2, 0.25) is 0 Å². The monoisotopic (exact) mass is 238 g/mol. The summed E-state index contributed by atoms with van der Waals surface area (Å²) in [7, 11) is 0. The SMILES string of the molecule is NC(=S)c1cc(F)ccc1CN1CCCC1. The lowest BCUT2D eigenvalue weighted by atomic mass is 10.1. The Morgan fingerprint density at radius 1 is 1.38 bits per heavy atom. The second kappa shape index (κ2) is 4.89. The third-order valence-electron chi connectivity index (χ3n) is 2.93. The Hall–Kier alpha value is -1.00. The standard InChI is InChI=1S/C12H15FN2S/c13-10-4-3-9(11(7-10)12(14)16)8-15-5-1-2-6-15/h3-4,7H,1-2,5-6,8H2,(H2,14,16). The van der Waals surface area contributed by atoms with Crippen molar-refractivity contribution in [3.8, 4) is 0 Å². The predicted molar refractivity (Wildman–Crippen MR) is 66.8 cm³/mol. The highest BCUT2D eigenvalue weighted by molar-refractivity contribution is 7.80. The second-order valence-corrected chi connectivity index (χ2v) is 4.59. The number of rotatable bonds is 3. The number of nitrogens with two attached hydrogens (primary N) is 1. The third-order valence-corrected chi connectivity index (χ3v) is 3.15. The van der Waals surface area contributed by atoms with Crippen molar-refractivity contribution in [2.75, 3.05) is 13.1 Å². The highest BCUT2D eigenvalue weighted by Crippen LogP contribution is 2.17. The summed E-state index contributed by atoms with van der Waals surface area (Å²) in [6.45, 7) is 3.02. The van der Waals surface area contributed by atoms with Gasteiger partial charge >= 0.3 is 0 Å². The average molecular weight is 238 g/mol. The molecular formula is C12H15FN2S. The molecule has 0 saturated carbocycles. The molecule has 2 nitrogen and oxygen atoms in total. The fraction of sp³-hybridized carbons (Fsp3) is 0.417. The van der Waals surface area contributed by atoms with Gasteiger partial charge in [-0.15, -0.1) is 0 Å². The maximum Gasteiger partial charge on any atom is 0.123 e. The molecule has 2 N–H and O–H groups in total. The van der Waals surface area contributed by atoms with E-state index in [1.807, 2.05) is 0 Å². The zero-order valence-electron chi connectivity index (χ0n) is 9.08. The van der Waals surface area contributed by atoms with E-state index >= 15 is 0 Å².